The first-order valence-electron chi connectivity index (χ1n) is 5.73. The van der Waals surface area contributed by atoms with E-state index in [1.807, 2.05) is 20.8 Å². The van der Waals surface area contributed by atoms with E-state index in [1.54, 1.807) is 6.07 Å². The minimum atomic E-state index is -0.207. The molecule has 1 aromatic rings. The van der Waals surface area contributed by atoms with Crippen molar-refractivity contribution in [1.29, 1.82) is 0 Å². The van der Waals surface area contributed by atoms with Crippen molar-refractivity contribution in [2.24, 2.45) is 0 Å². The number of hydrogen-bond acceptors (Lipinski definition) is 2. The highest BCUT2D eigenvalue weighted by atomic mass is 35.5. The van der Waals surface area contributed by atoms with Crippen molar-refractivity contribution in [3.05, 3.63) is 28.8 Å². The molecule has 0 aromatic heterocycles. The zero-order valence-corrected chi connectivity index (χ0v) is 11.1. The number of carbonyl (C=O) groups is 1. The van der Waals surface area contributed by atoms with E-state index in [1.165, 1.54) is 12.1 Å². The predicted octanol–water partition coefficient (Wildman–Crippen LogP) is 3.35. The van der Waals surface area contributed by atoms with Crippen LogP contribution in [0.1, 0.15) is 44.0 Å². The summed E-state index contributed by atoms with van der Waals surface area (Å²) in [7, 11) is 0. The number of hydrogen-bond donors (Lipinski definition) is 2. The van der Waals surface area contributed by atoms with Gasteiger partial charge in [-0.15, -0.1) is 0 Å². The van der Waals surface area contributed by atoms with Crippen LogP contribution in [-0.2, 0) is 0 Å². The fourth-order valence-corrected chi connectivity index (χ4v) is 1.60. The van der Waals surface area contributed by atoms with Crippen molar-refractivity contribution in [3.8, 4) is 5.75 Å². The molecule has 0 fully saturated rings. The van der Waals surface area contributed by atoms with Crippen LogP contribution in [0.2, 0.25) is 5.02 Å². The topological polar surface area (TPSA) is 49.3 Å². The van der Waals surface area contributed by atoms with E-state index in [4.69, 9.17) is 11.6 Å². The Morgan fingerprint density at radius 2 is 2.00 bits per heavy atom. The summed E-state index contributed by atoms with van der Waals surface area (Å²) < 4.78 is 0. The van der Waals surface area contributed by atoms with Gasteiger partial charge in [0.25, 0.3) is 5.91 Å². The van der Waals surface area contributed by atoms with Crippen LogP contribution in [0.3, 0.4) is 0 Å². The van der Waals surface area contributed by atoms with Gasteiger partial charge in [0.05, 0.1) is 5.02 Å². The summed E-state index contributed by atoms with van der Waals surface area (Å²) in [6, 6.07) is 4.45. The normalized spacial score (nSPS) is 11.3. The molecular formula is C13H18ClNO2. The maximum absolute atomic E-state index is 12.0. The van der Waals surface area contributed by atoms with Gasteiger partial charge in [-0.25, -0.2) is 0 Å². The summed E-state index contributed by atoms with van der Waals surface area (Å²) in [6.07, 6.45) is 1.72. The Hall–Kier alpha value is -1.22. The second-order valence-corrected chi connectivity index (χ2v) is 4.80. The molecule has 0 radical (unpaired) electrons. The number of rotatable bonds is 4. The van der Waals surface area contributed by atoms with E-state index in [9.17, 15) is 9.90 Å². The van der Waals surface area contributed by atoms with Gasteiger partial charge in [0.1, 0.15) is 5.75 Å². The summed E-state index contributed by atoms with van der Waals surface area (Å²) in [4.78, 5) is 12.0. The van der Waals surface area contributed by atoms with Crippen molar-refractivity contribution in [1.82, 2.24) is 5.32 Å². The molecule has 0 heterocycles. The van der Waals surface area contributed by atoms with Crippen LogP contribution in [0.15, 0.2) is 18.2 Å². The molecule has 0 bridgehead atoms. The van der Waals surface area contributed by atoms with Crippen LogP contribution in [0.5, 0.6) is 5.75 Å². The Balaban J connectivity index is 2.86. The number of phenolic OH excluding ortho intramolecular Hbond substituents is 1. The molecule has 4 heteroatoms. The Morgan fingerprint density at radius 1 is 1.41 bits per heavy atom. The van der Waals surface area contributed by atoms with Crippen LogP contribution in [0.4, 0.5) is 0 Å². The highest BCUT2D eigenvalue weighted by Crippen LogP contribution is 2.24. The Labute approximate surface area is 107 Å². The average molecular weight is 256 g/mol. The van der Waals surface area contributed by atoms with E-state index in [2.05, 4.69) is 5.32 Å². The van der Waals surface area contributed by atoms with Crippen molar-refractivity contribution >= 4 is 17.5 Å². The Morgan fingerprint density at radius 3 is 2.47 bits per heavy atom. The number of amides is 1. The van der Waals surface area contributed by atoms with Gasteiger partial charge in [0, 0.05) is 11.1 Å². The number of nitrogens with one attached hydrogen (secondary N) is 1. The third kappa shape index (κ3) is 3.37. The lowest BCUT2D eigenvalue weighted by Crippen LogP contribution is -2.44. The summed E-state index contributed by atoms with van der Waals surface area (Å²) in [6.45, 7) is 6.08. The minimum absolute atomic E-state index is 0.0167. The van der Waals surface area contributed by atoms with Crippen molar-refractivity contribution in [2.45, 2.75) is 39.2 Å². The lowest BCUT2D eigenvalue weighted by molar-refractivity contribution is 0.0901. The molecule has 0 unspecified atom stereocenters. The molecule has 3 nitrogen and oxygen atoms in total. The van der Waals surface area contributed by atoms with Gasteiger partial charge in [-0.05, 0) is 38.0 Å². The van der Waals surface area contributed by atoms with Gasteiger partial charge in [0.2, 0.25) is 0 Å². The van der Waals surface area contributed by atoms with Gasteiger partial charge in [-0.2, -0.15) is 0 Å². The van der Waals surface area contributed by atoms with Gasteiger partial charge in [0.15, 0.2) is 0 Å². The van der Waals surface area contributed by atoms with Crippen LogP contribution in [-0.4, -0.2) is 16.6 Å². The highest BCUT2D eigenvalue weighted by molar-refractivity contribution is 6.32. The molecular weight excluding hydrogens is 238 g/mol. The van der Waals surface area contributed by atoms with Crippen LogP contribution in [0.25, 0.3) is 0 Å². The average Bonchev–Trinajstić information content (AvgIpc) is 2.32. The molecule has 0 aliphatic carbocycles. The highest BCUT2D eigenvalue weighted by Gasteiger charge is 2.22. The summed E-state index contributed by atoms with van der Waals surface area (Å²) in [5.74, 6) is -0.185. The quantitative estimate of drug-likeness (QED) is 0.867. The summed E-state index contributed by atoms with van der Waals surface area (Å²) in [5.41, 5.74) is 0.252. The van der Waals surface area contributed by atoms with Gasteiger partial charge >= 0.3 is 0 Å². The van der Waals surface area contributed by atoms with E-state index >= 15 is 0 Å². The van der Waals surface area contributed by atoms with Crippen LogP contribution in [0, 0.1) is 0 Å². The third-order valence-electron chi connectivity index (χ3n) is 3.19. The fourth-order valence-electron chi connectivity index (χ4n) is 1.42. The second-order valence-electron chi connectivity index (χ2n) is 4.39. The van der Waals surface area contributed by atoms with E-state index < -0.39 is 0 Å². The van der Waals surface area contributed by atoms with Gasteiger partial charge in [-0.3, -0.25) is 4.79 Å². The molecule has 94 valence electrons. The number of halogens is 1. The van der Waals surface area contributed by atoms with Gasteiger partial charge in [-0.1, -0.05) is 25.4 Å². The van der Waals surface area contributed by atoms with Crippen LogP contribution < -0.4 is 5.32 Å². The first kappa shape index (κ1) is 13.8. The molecule has 0 atom stereocenters. The minimum Gasteiger partial charge on any atom is -0.506 e. The predicted molar refractivity (Wildman–Crippen MR) is 69.6 cm³/mol. The summed E-state index contributed by atoms with van der Waals surface area (Å²) in [5, 5.41) is 12.5. The molecule has 2 N–H and O–H groups in total. The molecule has 1 amide bonds. The number of phenols is 1. The number of aromatic hydroxyl groups is 1. The fraction of sp³-hybridized carbons (Fsp3) is 0.462. The smallest absolute Gasteiger partial charge is 0.251 e. The zero-order valence-electron chi connectivity index (χ0n) is 10.4. The lowest BCUT2D eigenvalue weighted by Gasteiger charge is -2.28. The van der Waals surface area contributed by atoms with E-state index in [0.717, 1.165) is 12.8 Å². The standard InChI is InChI=1S/C13H18ClNO2/c1-4-13(3,5-2)15-12(17)9-6-7-11(16)10(14)8-9/h6-8,16H,4-5H2,1-3H3,(H,15,17). The molecule has 0 saturated heterocycles. The third-order valence-corrected chi connectivity index (χ3v) is 3.49. The van der Waals surface area contributed by atoms with Crippen LogP contribution >= 0.6 is 11.6 Å². The molecule has 1 rings (SSSR count). The monoisotopic (exact) mass is 255 g/mol. The van der Waals surface area contributed by atoms with E-state index in [-0.39, 0.29) is 22.2 Å². The maximum atomic E-state index is 12.0. The van der Waals surface area contributed by atoms with Crippen molar-refractivity contribution in [3.63, 3.8) is 0 Å². The zero-order chi connectivity index (χ0) is 13.1. The SMILES string of the molecule is CCC(C)(CC)NC(=O)c1ccc(O)c(Cl)c1. The van der Waals surface area contributed by atoms with Gasteiger partial charge < -0.3 is 10.4 Å². The molecule has 1 aromatic carbocycles. The Kier molecular flexibility index (Phi) is 4.40. The Bertz CT molecular complexity index is 414. The largest absolute Gasteiger partial charge is 0.506 e. The molecule has 0 aliphatic heterocycles. The number of carbonyl (C=O) groups excluding carboxylic acids is 1. The lowest BCUT2D eigenvalue weighted by atomic mass is 9.95. The molecule has 0 saturated carbocycles. The molecule has 0 spiro atoms. The van der Waals surface area contributed by atoms with Crippen molar-refractivity contribution < 1.29 is 9.90 Å². The maximum Gasteiger partial charge on any atom is 0.251 e. The molecule has 17 heavy (non-hydrogen) atoms. The summed E-state index contributed by atoms with van der Waals surface area (Å²) >= 11 is 5.77. The van der Waals surface area contributed by atoms with E-state index in [0.29, 0.717) is 5.56 Å². The number of benzene rings is 1. The first-order chi connectivity index (χ1) is 7.91. The molecule has 0 aliphatic rings. The first-order valence-corrected chi connectivity index (χ1v) is 6.10. The second kappa shape index (κ2) is 5.41. The van der Waals surface area contributed by atoms with Crippen molar-refractivity contribution in [2.75, 3.05) is 0 Å².